The largest absolute Gasteiger partial charge is 0.493 e. The molecular formula is C33H37ClN4O3S. The summed E-state index contributed by atoms with van der Waals surface area (Å²) in [6, 6.07) is 25.8. The van der Waals surface area contributed by atoms with Crippen LogP contribution in [0.5, 0.6) is 11.5 Å². The molecule has 0 aliphatic carbocycles. The Hall–Kier alpha value is -3.75. The maximum Gasteiger partial charge on any atom is 0.251 e. The molecule has 0 saturated carbocycles. The van der Waals surface area contributed by atoms with Crippen LogP contribution in [0.3, 0.4) is 0 Å². The fourth-order valence-corrected chi connectivity index (χ4v) is 5.44. The number of carbonyl (C=O) groups excluding carboxylic acids is 1. The minimum Gasteiger partial charge on any atom is -0.493 e. The predicted octanol–water partition coefficient (Wildman–Crippen LogP) is 6.87. The van der Waals surface area contributed by atoms with Crippen LogP contribution >= 0.6 is 23.4 Å². The summed E-state index contributed by atoms with van der Waals surface area (Å²) in [5.41, 5.74) is 4.12. The van der Waals surface area contributed by atoms with Gasteiger partial charge >= 0.3 is 0 Å². The molecule has 0 fully saturated rings. The summed E-state index contributed by atoms with van der Waals surface area (Å²) in [4.78, 5) is 23.9. The summed E-state index contributed by atoms with van der Waals surface area (Å²) in [7, 11) is 5.25. The van der Waals surface area contributed by atoms with Crippen molar-refractivity contribution in [2.24, 2.45) is 0 Å². The number of amides is 1. The quantitative estimate of drug-likeness (QED) is 0.0956. The number of ether oxygens (including phenoxy) is 2. The molecule has 0 spiro atoms. The highest BCUT2D eigenvalue weighted by Gasteiger charge is 2.12. The Kier molecular flexibility index (Phi) is 11.5. The van der Waals surface area contributed by atoms with Gasteiger partial charge in [0.2, 0.25) is 0 Å². The monoisotopic (exact) mass is 604 g/mol. The summed E-state index contributed by atoms with van der Waals surface area (Å²) < 4.78 is 10.8. The third-order valence-corrected chi connectivity index (χ3v) is 8.02. The molecule has 9 heteroatoms. The maximum absolute atomic E-state index is 12.7. The lowest BCUT2D eigenvalue weighted by Crippen LogP contribution is -2.32. The second-order valence-electron chi connectivity index (χ2n) is 10.1. The van der Waals surface area contributed by atoms with E-state index in [4.69, 9.17) is 26.1 Å². The number of halogens is 1. The van der Waals surface area contributed by atoms with E-state index in [9.17, 15) is 4.79 Å². The van der Waals surface area contributed by atoms with Crippen molar-refractivity contribution in [1.29, 1.82) is 0 Å². The maximum atomic E-state index is 12.7. The normalized spacial score (nSPS) is 11.5. The first kappa shape index (κ1) is 31.2. The van der Waals surface area contributed by atoms with Crippen LogP contribution in [0.2, 0.25) is 5.15 Å². The molecule has 1 N–H and O–H groups in total. The summed E-state index contributed by atoms with van der Waals surface area (Å²) in [5, 5.41) is 4.10. The fraction of sp³-hybridized carbons (Fsp3) is 0.303. The van der Waals surface area contributed by atoms with Crippen molar-refractivity contribution < 1.29 is 14.3 Å². The third kappa shape index (κ3) is 9.13. The number of aryl methyl sites for hydroxylation is 1. The molecule has 1 atom stereocenters. The number of anilines is 1. The Balaban J connectivity index is 1.28. The molecule has 1 amide bonds. The number of nitrogens with zero attached hydrogens (tertiary/aromatic N) is 3. The number of hydrogen-bond donors (Lipinski definition) is 1. The number of thioether (sulfide) groups is 1. The SMILES string of the molecule is COc1ccc(CCN(C)c2cc(Cl)nc(SCc3ccc(C(=O)NC(C)CCc4ccccc4)cc3)n2)cc1OC. The molecule has 220 valence electrons. The van der Waals surface area contributed by atoms with Gasteiger partial charge in [-0.25, -0.2) is 9.97 Å². The number of aromatic nitrogens is 2. The van der Waals surface area contributed by atoms with Crippen molar-refractivity contribution >= 4 is 35.1 Å². The molecule has 42 heavy (non-hydrogen) atoms. The number of likely N-dealkylation sites (N-methyl/N-ethyl adjacent to an activating group) is 1. The number of carbonyl (C=O) groups is 1. The van der Waals surface area contributed by atoms with Gasteiger partial charge in [-0.05, 0) is 67.1 Å². The Morgan fingerprint density at radius 3 is 2.33 bits per heavy atom. The lowest BCUT2D eigenvalue weighted by molar-refractivity contribution is 0.0938. The van der Waals surface area contributed by atoms with E-state index < -0.39 is 0 Å². The van der Waals surface area contributed by atoms with Crippen molar-refractivity contribution in [3.63, 3.8) is 0 Å². The molecule has 0 aliphatic rings. The van der Waals surface area contributed by atoms with Crippen molar-refractivity contribution in [2.45, 2.75) is 43.1 Å². The van der Waals surface area contributed by atoms with Gasteiger partial charge in [-0.2, -0.15) is 0 Å². The van der Waals surface area contributed by atoms with Crippen LogP contribution in [-0.2, 0) is 18.6 Å². The lowest BCUT2D eigenvalue weighted by Gasteiger charge is -2.19. The fourth-order valence-electron chi connectivity index (χ4n) is 4.40. The zero-order chi connectivity index (χ0) is 29.9. The standard InChI is InChI=1S/C33H37ClN4O3S/c1-23(10-11-24-8-6-5-7-9-24)35-32(39)27-15-12-26(13-16-27)22-42-33-36-30(34)21-31(37-33)38(2)19-18-25-14-17-28(40-3)29(20-25)41-4/h5-9,12-17,20-21,23H,10-11,18-19,22H2,1-4H3,(H,35,39). The van der Waals surface area contributed by atoms with Crippen molar-refractivity contribution in [1.82, 2.24) is 15.3 Å². The molecule has 3 aromatic carbocycles. The zero-order valence-corrected chi connectivity index (χ0v) is 26.0. The van der Waals surface area contributed by atoms with Crippen LogP contribution in [0.15, 0.2) is 84.0 Å². The Morgan fingerprint density at radius 1 is 0.905 bits per heavy atom. The summed E-state index contributed by atoms with van der Waals surface area (Å²) in [6.07, 6.45) is 2.61. The van der Waals surface area contributed by atoms with Gasteiger partial charge in [0.05, 0.1) is 14.2 Å². The molecule has 1 heterocycles. The average molecular weight is 605 g/mol. The molecule has 4 aromatic rings. The van der Waals surface area contributed by atoms with Crippen LogP contribution in [0, 0.1) is 0 Å². The molecule has 0 bridgehead atoms. The van der Waals surface area contributed by atoms with Crippen molar-refractivity contribution in [3.8, 4) is 11.5 Å². The molecule has 1 aromatic heterocycles. The summed E-state index contributed by atoms with van der Waals surface area (Å²) in [5.74, 6) is 2.77. The van der Waals surface area contributed by atoms with Crippen LogP contribution in [0.25, 0.3) is 0 Å². The molecular weight excluding hydrogens is 568 g/mol. The number of nitrogens with one attached hydrogen (secondary N) is 1. The Labute approximate surface area is 257 Å². The molecule has 4 rings (SSSR count). The van der Waals surface area contributed by atoms with E-state index >= 15 is 0 Å². The second-order valence-corrected chi connectivity index (χ2v) is 11.4. The Bertz CT molecular complexity index is 1450. The highest BCUT2D eigenvalue weighted by atomic mass is 35.5. The predicted molar refractivity (Wildman–Crippen MR) is 171 cm³/mol. The molecule has 1 unspecified atom stereocenters. The topological polar surface area (TPSA) is 76.6 Å². The van der Waals surface area contributed by atoms with Gasteiger partial charge in [-0.1, -0.05) is 71.9 Å². The second kappa shape index (κ2) is 15.5. The minimum atomic E-state index is -0.0614. The number of methoxy groups -OCH3 is 2. The summed E-state index contributed by atoms with van der Waals surface area (Å²) in [6.45, 7) is 2.78. The van der Waals surface area contributed by atoms with E-state index in [1.54, 1.807) is 20.3 Å². The van der Waals surface area contributed by atoms with Gasteiger partial charge in [-0.15, -0.1) is 0 Å². The van der Waals surface area contributed by atoms with Crippen molar-refractivity contribution in [3.05, 3.63) is 106 Å². The number of hydrogen-bond acceptors (Lipinski definition) is 7. The first-order chi connectivity index (χ1) is 20.3. The third-order valence-electron chi connectivity index (χ3n) is 6.91. The highest BCUT2D eigenvalue weighted by molar-refractivity contribution is 7.98. The van der Waals surface area contributed by atoms with E-state index in [0.717, 1.165) is 42.8 Å². The first-order valence-corrected chi connectivity index (χ1v) is 15.2. The van der Waals surface area contributed by atoms with Gasteiger partial charge in [-0.3, -0.25) is 4.79 Å². The number of benzene rings is 3. The van der Waals surface area contributed by atoms with E-state index in [1.807, 2.05) is 74.6 Å². The van der Waals surface area contributed by atoms with Crippen molar-refractivity contribution in [2.75, 3.05) is 32.7 Å². The minimum absolute atomic E-state index is 0.0614. The van der Waals surface area contributed by atoms with E-state index in [-0.39, 0.29) is 11.9 Å². The van der Waals surface area contributed by atoms with Gasteiger partial charge in [0.15, 0.2) is 16.7 Å². The van der Waals surface area contributed by atoms with E-state index in [0.29, 0.717) is 33.1 Å². The highest BCUT2D eigenvalue weighted by Crippen LogP contribution is 2.28. The Morgan fingerprint density at radius 2 is 1.62 bits per heavy atom. The number of rotatable bonds is 14. The molecule has 0 radical (unpaired) electrons. The van der Waals surface area contributed by atoms with Gasteiger partial charge in [0.25, 0.3) is 5.91 Å². The molecule has 0 aliphatic heterocycles. The van der Waals surface area contributed by atoms with Gasteiger partial charge in [0.1, 0.15) is 11.0 Å². The smallest absolute Gasteiger partial charge is 0.251 e. The molecule has 7 nitrogen and oxygen atoms in total. The van der Waals surface area contributed by atoms with Gasteiger partial charge < -0.3 is 19.7 Å². The summed E-state index contributed by atoms with van der Waals surface area (Å²) >= 11 is 7.86. The van der Waals surface area contributed by atoms with Crippen LogP contribution in [0.4, 0.5) is 5.82 Å². The zero-order valence-electron chi connectivity index (χ0n) is 24.5. The van der Waals surface area contributed by atoms with Gasteiger partial charge in [0, 0.05) is 37.0 Å². The lowest BCUT2D eigenvalue weighted by atomic mass is 10.1. The average Bonchev–Trinajstić information content (AvgIpc) is 3.01. The van der Waals surface area contributed by atoms with Crippen LogP contribution < -0.4 is 19.7 Å². The van der Waals surface area contributed by atoms with Crippen LogP contribution in [0.1, 0.15) is 40.4 Å². The van der Waals surface area contributed by atoms with E-state index in [1.165, 1.54) is 17.3 Å². The van der Waals surface area contributed by atoms with Crippen LogP contribution in [-0.4, -0.2) is 49.7 Å². The molecule has 0 saturated heterocycles. The first-order valence-electron chi connectivity index (χ1n) is 13.9. The van der Waals surface area contributed by atoms with E-state index in [2.05, 4.69) is 27.3 Å².